The summed E-state index contributed by atoms with van der Waals surface area (Å²) < 4.78 is 11.5. The molecular weight excluding hydrogens is 696 g/mol. The van der Waals surface area contributed by atoms with Gasteiger partial charge in [0.15, 0.2) is 0 Å². The highest BCUT2D eigenvalue weighted by molar-refractivity contribution is 6.69. The van der Waals surface area contributed by atoms with Crippen LogP contribution in [0.25, 0.3) is 99.2 Å². The van der Waals surface area contributed by atoms with Crippen molar-refractivity contribution in [2.24, 2.45) is 0 Å². The van der Waals surface area contributed by atoms with Gasteiger partial charge in [0.1, 0.15) is 66.1 Å². The fourth-order valence-corrected chi connectivity index (χ4v) is 10.2. The molecule has 0 spiro atoms. The van der Waals surface area contributed by atoms with E-state index in [1.54, 1.807) is 0 Å². The van der Waals surface area contributed by atoms with Crippen molar-refractivity contribution in [2.75, 3.05) is 0 Å². The van der Waals surface area contributed by atoms with E-state index in [-0.39, 0.29) is 0 Å². The highest BCUT2D eigenvalue weighted by atomic mass is 16.3. The van der Waals surface area contributed by atoms with Crippen LogP contribution in [0, 0.1) is 0 Å². The van der Waals surface area contributed by atoms with Crippen LogP contribution in [0.5, 0.6) is 0 Å². The molecule has 8 aromatic carbocycles. The Labute approximate surface area is 343 Å². The molecule has 0 saturated carbocycles. The first-order valence-corrected chi connectivity index (χ1v) is 20.4. The van der Waals surface area contributed by atoms with Crippen LogP contribution in [0.3, 0.4) is 0 Å². The maximum absolute atomic E-state index is 6.48. The van der Waals surface area contributed by atoms with Crippen LogP contribution in [-0.4, -0.2) is 64.1 Å². The Morgan fingerprint density at radius 1 is 0.362 bits per heavy atom. The van der Waals surface area contributed by atoms with Crippen LogP contribution in [0.1, 0.15) is 0 Å². The zero-order chi connectivity index (χ0) is 39.6. The van der Waals surface area contributed by atoms with Crippen molar-refractivity contribution >= 4 is 159 Å². The van der Waals surface area contributed by atoms with Gasteiger partial charge in [0.25, 0.3) is 0 Å². The Hall–Kier alpha value is -6.39. The van der Waals surface area contributed by atoms with Crippen LogP contribution in [0.4, 0.5) is 0 Å². The minimum Gasteiger partial charge on any atom is -0.456 e. The summed E-state index contributed by atoms with van der Waals surface area (Å²) in [5.41, 5.74) is 23.4. The molecule has 11 aromatic rings. The van der Waals surface area contributed by atoms with Crippen molar-refractivity contribution < 1.29 is 4.42 Å². The largest absolute Gasteiger partial charge is 0.456 e. The second-order valence-electron chi connectivity index (χ2n) is 16.3. The van der Waals surface area contributed by atoms with Gasteiger partial charge < -0.3 is 13.6 Å². The van der Waals surface area contributed by atoms with Gasteiger partial charge in [-0.15, -0.1) is 5.46 Å². The monoisotopic (exact) mass is 734 g/mol. The Morgan fingerprint density at radius 3 is 1.78 bits per heavy atom. The SMILES string of the molecule is Bc1c(B)c(B)c2c(c1B)c1c(B)c(-c3ccc4c(c3)c3ccc(-c5ccccc5)cc3n4-c3ccccc3)c(B)c(B)c1n2-c1cccc2oc3ccccc3c12. The first-order chi connectivity index (χ1) is 28.2. The number of fused-ring (bicyclic) bond motifs is 9. The van der Waals surface area contributed by atoms with Crippen LogP contribution in [0.2, 0.25) is 0 Å². The van der Waals surface area contributed by atoms with Crippen molar-refractivity contribution in [3.05, 3.63) is 140 Å². The Balaban J connectivity index is 1.23. The molecule has 3 nitrogen and oxygen atoms in total. The Morgan fingerprint density at radius 2 is 1.00 bits per heavy atom. The molecule has 0 aliphatic carbocycles. The summed E-state index contributed by atoms with van der Waals surface area (Å²) in [5.74, 6) is 0. The second kappa shape index (κ2) is 12.8. The number of rotatable bonds is 4. The van der Waals surface area contributed by atoms with Crippen molar-refractivity contribution in [1.29, 1.82) is 0 Å². The van der Waals surface area contributed by atoms with E-state index in [0.29, 0.717) is 0 Å². The second-order valence-corrected chi connectivity index (χ2v) is 16.3. The van der Waals surface area contributed by atoms with Gasteiger partial charge in [-0.1, -0.05) is 124 Å². The van der Waals surface area contributed by atoms with E-state index in [9.17, 15) is 0 Å². The molecule has 3 heterocycles. The first kappa shape index (κ1) is 34.8. The summed E-state index contributed by atoms with van der Waals surface area (Å²) in [4.78, 5) is 0. The molecule has 0 aliphatic rings. The summed E-state index contributed by atoms with van der Waals surface area (Å²) in [7, 11) is 16.2. The number of hydrogen-bond donors (Lipinski definition) is 0. The predicted molar refractivity (Wildman–Crippen MR) is 271 cm³/mol. The quantitative estimate of drug-likeness (QED) is 0.247. The minimum absolute atomic E-state index is 0.911. The van der Waals surface area contributed by atoms with Gasteiger partial charge in [0.05, 0.1) is 22.1 Å². The molecule has 3 aromatic heterocycles. The molecule has 0 bridgehead atoms. The minimum atomic E-state index is 0.911. The number of para-hydroxylation sites is 2. The zero-order valence-electron chi connectivity index (χ0n) is 34.1. The van der Waals surface area contributed by atoms with Crippen LogP contribution in [-0.2, 0) is 0 Å². The average molecular weight is 734 g/mol. The van der Waals surface area contributed by atoms with E-state index in [1.165, 1.54) is 104 Å². The van der Waals surface area contributed by atoms with Crippen LogP contribution in [0.15, 0.2) is 144 Å². The molecule has 0 amide bonds. The van der Waals surface area contributed by atoms with Crippen molar-refractivity contribution in [3.63, 3.8) is 0 Å². The number of benzene rings is 8. The third-order valence-corrected chi connectivity index (χ3v) is 13.4. The summed E-state index contributed by atoms with van der Waals surface area (Å²) in [5, 5.41) is 7.48. The molecule has 58 heavy (non-hydrogen) atoms. The molecule has 0 atom stereocenters. The van der Waals surface area contributed by atoms with E-state index in [0.717, 1.165) is 33.3 Å². The van der Waals surface area contributed by atoms with Crippen molar-refractivity contribution in [2.45, 2.75) is 0 Å². The average Bonchev–Trinajstić information content (AvgIpc) is 3.93. The van der Waals surface area contributed by atoms with Gasteiger partial charge in [0, 0.05) is 38.3 Å². The molecule has 0 saturated heterocycles. The molecule has 0 fully saturated rings. The third kappa shape index (κ3) is 4.78. The lowest BCUT2D eigenvalue weighted by Gasteiger charge is -2.19. The number of furan rings is 1. The van der Waals surface area contributed by atoms with E-state index in [4.69, 9.17) is 4.42 Å². The summed E-state index contributed by atoms with van der Waals surface area (Å²) in [6.07, 6.45) is 0. The predicted octanol–water partition coefficient (Wildman–Crippen LogP) is 0.923. The van der Waals surface area contributed by atoms with E-state index in [2.05, 4.69) is 204 Å². The smallest absolute Gasteiger partial charge is 0.141 e. The summed E-state index contributed by atoms with van der Waals surface area (Å²) in [6.45, 7) is 0. The molecule has 11 rings (SSSR count). The number of aromatic nitrogens is 2. The maximum atomic E-state index is 6.48. The number of nitrogens with zero attached hydrogens (tertiary/aromatic N) is 2. The molecule has 266 valence electrons. The van der Waals surface area contributed by atoms with Crippen molar-refractivity contribution in [3.8, 4) is 33.6 Å². The standard InChI is InChI=1S/C48H37B7N2O/c49-40-36(26-19-21-31-30(22-26)28-20-18-25(24-10-3-1-4-11-24)23-33(28)56(31)27-12-5-2-6-13-27)41(50)45(54)47-38(40)39-42(51)43(52)44(53)46(55)48(39)57(47)32-15-9-17-35-37(32)29-14-7-8-16-34(29)58-35/h1-23H,49-55H2. The molecule has 0 N–H and O–H groups in total. The van der Waals surface area contributed by atoms with E-state index < -0.39 is 0 Å². The van der Waals surface area contributed by atoms with Gasteiger partial charge in [-0.2, -0.15) is 0 Å². The maximum Gasteiger partial charge on any atom is 0.141 e. The molecule has 0 unspecified atom stereocenters. The van der Waals surface area contributed by atoms with E-state index in [1.807, 2.05) is 0 Å². The molecule has 10 heteroatoms. The lowest BCUT2D eigenvalue weighted by atomic mass is 9.64. The van der Waals surface area contributed by atoms with E-state index >= 15 is 0 Å². The topological polar surface area (TPSA) is 23.0 Å². The lowest BCUT2D eigenvalue weighted by molar-refractivity contribution is 0.669. The zero-order valence-corrected chi connectivity index (χ0v) is 34.1. The van der Waals surface area contributed by atoms with Crippen molar-refractivity contribution in [1.82, 2.24) is 9.13 Å². The Bertz CT molecular complexity index is 3530. The highest BCUT2D eigenvalue weighted by Crippen LogP contribution is 2.39. The summed E-state index contributed by atoms with van der Waals surface area (Å²) >= 11 is 0. The van der Waals surface area contributed by atoms with Crippen LogP contribution < -0.4 is 38.2 Å². The van der Waals surface area contributed by atoms with Crippen LogP contribution >= 0.6 is 0 Å². The highest BCUT2D eigenvalue weighted by Gasteiger charge is 2.26. The molecule has 0 aliphatic heterocycles. The van der Waals surface area contributed by atoms with Gasteiger partial charge in [0.2, 0.25) is 0 Å². The third-order valence-electron chi connectivity index (χ3n) is 13.4. The van der Waals surface area contributed by atoms with Gasteiger partial charge in [-0.3, -0.25) is 0 Å². The fourth-order valence-electron chi connectivity index (χ4n) is 10.2. The molecule has 0 radical (unpaired) electrons. The lowest BCUT2D eigenvalue weighted by Crippen LogP contribution is -2.48. The normalized spacial score (nSPS) is 11.9. The first-order valence-electron chi connectivity index (χ1n) is 20.4. The summed E-state index contributed by atoms with van der Waals surface area (Å²) in [6, 6.07) is 50.6. The number of hydrogen-bond acceptors (Lipinski definition) is 1. The van der Waals surface area contributed by atoms with Gasteiger partial charge >= 0.3 is 0 Å². The van der Waals surface area contributed by atoms with Gasteiger partial charge in [-0.05, 0) is 76.2 Å². The molecular formula is C48H37B7N2O. The van der Waals surface area contributed by atoms with Gasteiger partial charge in [-0.25, -0.2) is 0 Å². The Kier molecular flexibility index (Phi) is 7.69. The fraction of sp³-hybridized carbons (Fsp3) is 0.